The van der Waals surface area contributed by atoms with Crippen LogP contribution in [0.4, 0.5) is 11.6 Å². The summed E-state index contributed by atoms with van der Waals surface area (Å²) < 4.78 is 0. The lowest BCUT2D eigenvalue weighted by Crippen LogP contribution is -2.20. The molecule has 8 heteroatoms. The van der Waals surface area contributed by atoms with Crippen molar-refractivity contribution in [3.8, 4) is 0 Å². The molecule has 1 N–H and O–H groups in total. The molecule has 0 amide bonds. The number of fused-ring (bicyclic) bond motifs is 1. The van der Waals surface area contributed by atoms with Gasteiger partial charge in [0.2, 0.25) is 0 Å². The van der Waals surface area contributed by atoms with Crippen molar-refractivity contribution in [2.24, 2.45) is 0 Å². The molecule has 0 unspecified atom stereocenters. The van der Waals surface area contributed by atoms with Crippen molar-refractivity contribution in [1.29, 1.82) is 0 Å². The molecule has 1 aliphatic heterocycles. The van der Waals surface area contributed by atoms with Crippen LogP contribution >= 0.6 is 0 Å². The molecule has 8 nitrogen and oxygen atoms in total. The zero-order valence-electron chi connectivity index (χ0n) is 16.4. The molecule has 1 aliphatic rings. The van der Waals surface area contributed by atoms with E-state index in [0.29, 0.717) is 17.5 Å². The van der Waals surface area contributed by atoms with Crippen LogP contribution in [0.1, 0.15) is 35.0 Å². The van der Waals surface area contributed by atoms with Gasteiger partial charge in [0.15, 0.2) is 17.3 Å². The maximum atomic E-state index is 11.5. The van der Waals surface area contributed by atoms with Crippen LogP contribution in [0.15, 0.2) is 30.3 Å². The van der Waals surface area contributed by atoms with Crippen LogP contribution in [0.5, 0.6) is 0 Å². The number of benzene rings is 1. The van der Waals surface area contributed by atoms with Gasteiger partial charge in [-0.25, -0.2) is 24.7 Å². The fourth-order valence-corrected chi connectivity index (χ4v) is 3.39. The molecule has 0 aliphatic carbocycles. The molecule has 0 saturated carbocycles. The number of anilines is 2. The van der Waals surface area contributed by atoms with Gasteiger partial charge in [-0.3, -0.25) is 0 Å². The van der Waals surface area contributed by atoms with Gasteiger partial charge < -0.3 is 14.9 Å². The Hall–Kier alpha value is -3.55. The van der Waals surface area contributed by atoms with Crippen molar-refractivity contribution in [2.75, 3.05) is 37.0 Å². The Morgan fingerprint density at radius 1 is 1.03 bits per heavy atom. The summed E-state index contributed by atoms with van der Waals surface area (Å²) in [6, 6.07) is 9.35. The zero-order chi connectivity index (χ0) is 20.4. The number of carboxylic acids is 1. The lowest BCUT2D eigenvalue weighted by Gasteiger charge is -2.16. The Balaban J connectivity index is 1.72. The normalized spacial score (nSPS) is 14.1. The number of hydrogen-bond acceptors (Lipinski definition) is 7. The molecule has 29 heavy (non-hydrogen) atoms. The number of aromatic nitrogens is 4. The minimum atomic E-state index is -1.07. The third-order valence-corrected chi connectivity index (χ3v) is 4.78. The zero-order valence-corrected chi connectivity index (χ0v) is 16.4. The molecule has 2 aromatic heterocycles. The average molecular weight is 390 g/mol. The van der Waals surface area contributed by atoms with Crippen molar-refractivity contribution in [2.45, 2.75) is 12.8 Å². The molecule has 4 rings (SSSR count). The second kappa shape index (κ2) is 7.83. The van der Waals surface area contributed by atoms with Gasteiger partial charge in [0, 0.05) is 38.6 Å². The van der Waals surface area contributed by atoms with E-state index in [1.54, 1.807) is 12.2 Å². The van der Waals surface area contributed by atoms with E-state index in [1.807, 2.05) is 43.3 Å². The van der Waals surface area contributed by atoms with Crippen molar-refractivity contribution >= 4 is 40.7 Å². The first-order valence-electron chi connectivity index (χ1n) is 9.51. The number of para-hydroxylation sites is 1. The summed E-state index contributed by atoms with van der Waals surface area (Å²) in [6.45, 7) is 1.75. The van der Waals surface area contributed by atoms with Crippen LogP contribution in [-0.2, 0) is 0 Å². The van der Waals surface area contributed by atoms with E-state index in [4.69, 9.17) is 0 Å². The molecule has 1 saturated heterocycles. The summed E-state index contributed by atoms with van der Waals surface area (Å²) in [6.07, 6.45) is 5.54. The van der Waals surface area contributed by atoms with Crippen LogP contribution in [0.25, 0.3) is 23.1 Å². The quantitative estimate of drug-likeness (QED) is 0.710. The highest BCUT2D eigenvalue weighted by Crippen LogP contribution is 2.23. The lowest BCUT2D eigenvalue weighted by molar-refractivity contribution is 0.0690. The Morgan fingerprint density at radius 2 is 1.72 bits per heavy atom. The van der Waals surface area contributed by atoms with Gasteiger partial charge in [0.25, 0.3) is 0 Å². The Bertz CT molecular complexity index is 1090. The van der Waals surface area contributed by atoms with E-state index in [0.717, 1.165) is 42.7 Å². The number of hydrogen-bond donors (Lipinski definition) is 1. The SMILES string of the molecule is CN(C)c1nc(C=Cc2nc(C(=O)O)cc(N3CCCC3)n2)nc2ccccc12. The molecule has 0 bridgehead atoms. The smallest absolute Gasteiger partial charge is 0.354 e. The topological polar surface area (TPSA) is 95.3 Å². The molecule has 0 radical (unpaired) electrons. The second-order valence-corrected chi connectivity index (χ2v) is 7.12. The highest BCUT2D eigenvalue weighted by molar-refractivity contribution is 5.90. The summed E-state index contributed by atoms with van der Waals surface area (Å²) in [5, 5.41) is 10.4. The highest BCUT2D eigenvalue weighted by atomic mass is 16.4. The van der Waals surface area contributed by atoms with Gasteiger partial charge in [-0.05, 0) is 37.1 Å². The van der Waals surface area contributed by atoms with Crippen LogP contribution in [0.2, 0.25) is 0 Å². The van der Waals surface area contributed by atoms with Gasteiger partial charge in [0.1, 0.15) is 11.6 Å². The molecule has 0 spiro atoms. The predicted octanol–water partition coefficient (Wildman–Crippen LogP) is 2.95. The maximum absolute atomic E-state index is 11.5. The van der Waals surface area contributed by atoms with Crippen molar-refractivity contribution < 1.29 is 9.90 Å². The third kappa shape index (κ3) is 4.01. The van der Waals surface area contributed by atoms with E-state index in [1.165, 1.54) is 6.07 Å². The second-order valence-electron chi connectivity index (χ2n) is 7.12. The van der Waals surface area contributed by atoms with Gasteiger partial charge in [-0.15, -0.1) is 0 Å². The number of carbonyl (C=O) groups is 1. The first-order valence-corrected chi connectivity index (χ1v) is 9.51. The summed E-state index contributed by atoms with van der Waals surface area (Å²) in [5.74, 6) is 1.23. The fourth-order valence-electron chi connectivity index (χ4n) is 3.39. The van der Waals surface area contributed by atoms with Crippen molar-refractivity contribution in [3.05, 3.63) is 47.7 Å². The first-order chi connectivity index (χ1) is 14.0. The predicted molar refractivity (Wildman–Crippen MR) is 113 cm³/mol. The monoisotopic (exact) mass is 390 g/mol. The van der Waals surface area contributed by atoms with Crippen LogP contribution < -0.4 is 9.80 Å². The van der Waals surface area contributed by atoms with Crippen LogP contribution in [-0.4, -0.2) is 58.2 Å². The van der Waals surface area contributed by atoms with Crippen molar-refractivity contribution in [3.63, 3.8) is 0 Å². The van der Waals surface area contributed by atoms with Gasteiger partial charge >= 0.3 is 5.97 Å². The number of nitrogens with zero attached hydrogens (tertiary/aromatic N) is 6. The first kappa shape index (κ1) is 18.8. The third-order valence-electron chi connectivity index (χ3n) is 4.78. The van der Waals surface area contributed by atoms with E-state index in [2.05, 4.69) is 24.8 Å². The van der Waals surface area contributed by atoms with E-state index < -0.39 is 5.97 Å². The van der Waals surface area contributed by atoms with E-state index in [-0.39, 0.29) is 5.69 Å². The fraction of sp³-hybridized carbons (Fsp3) is 0.286. The maximum Gasteiger partial charge on any atom is 0.354 e. The van der Waals surface area contributed by atoms with Gasteiger partial charge in [0.05, 0.1) is 5.52 Å². The number of carboxylic acid groups (broad SMARTS) is 1. The largest absolute Gasteiger partial charge is 0.477 e. The van der Waals surface area contributed by atoms with E-state index >= 15 is 0 Å². The number of aromatic carboxylic acids is 1. The molecule has 3 aromatic rings. The minimum Gasteiger partial charge on any atom is -0.477 e. The Labute approximate surface area is 168 Å². The standard InChI is InChI=1S/C21H22N6O2/c1-26(2)20-14-7-3-4-8-15(14)22-18(25-20)10-9-17-23-16(21(28)29)13-19(24-17)27-11-5-6-12-27/h3-4,7-10,13H,5-6,11-12H2,1-2H3,(H,28,29). The summed E-state index contributed by atoms with van der Waals surface area (Å²) in [4.78, 5) is 33.4. The molecular formula is C21H22N6O2. The molecule has 1 aromatic carbocycles. The van der Waals surface area contributed by atoms with Crippen LogP contribution in [0, 0.1) is 0 Å². The molecule has 148 valence electrons. The van der Waals surface area contributed by atoms with E-state index in [9.17, 15) is 9.90 Å². The van der Waals surface area contributed by atoms with Gasteiger partial charge in [-0.2, -0.15) is 0 Å². The molecule has 1 fully saturated rings. The summed E-state index contributed by atoms with van der Waals surface area (Å²) in [5.41, 5.74) is 0.818. The van der Waals surface area contributed by atoms with Crippen LogP contribution in [0.3, 0.4) is 0 Å². The number of rotatable bonds is 5. The molecular weight excluding hydrogens is 368 g/mol. The molecule has 0 atom stereocenters. The summed E-state index contributed by atoms with van der Waals surface area (Å²) >= 11 is 0. The van der Waals surface area contributed by atoms with Gasteiger partial charge in [-0.1, -0.05) is 12.1 Å². The minimum absolute atomic E-state index is 0.0186. The Morgan fingerprint density at radius 3 is 2.41 bits per heavy atom. The summed E-state index contributed by atoms with van der Waals surface area (Å²) in [7, 11) is 3.87. The Kier molecular flexibility index (Phi) is 5.07. The lowest BCUT2D eigenvalue weighted by atomic mass is 10.2. The molecule has 3 heterocycles. The average Bonchev–Trinajstić information content (AvgIpc) is 3.26. The highest BCUT2D eigenvalue weighted by Gasteiger charge is 2.17. The van der Waals surface area contributed by atoms with Crippen molar-refractivity contribution in [1.82, 2.24) is 19.9 Å².